The summed E-state index contributed by atoms with van der Waals surface area (Å²) in [7, 11) is -7.73. The summed E-state index contributed by atoms with van der Waals surface area (Å²) in [5.74, 6) is -28.5. The average molecular weight is 1360 g/mol. The van der Waals surface area contributed by atoms with E-state index in [4.69, 9.17) is 117 Å². The van der Waals surface area contributed by atoms with E-state index < -0.39 is 333 Å². The topological polar surface area (TPSA) is 155 Å². The molecule has 4 fully saturated rings. The van der Waals surface area contributed by atoms with Gasteiger partial charge in [0, 0.05) is 186 Å². The third-order valence-electron chi connectivity index (χ3n) is 14.9. The number of ether oxygens (including phenoxy) is 8. The first kappa shape index (κ1) is 27.3. The minimum Gasteiger partial charge on any atom is -0.493 e. The zero-order chi connectivity index (χ0) is 121. The van der Waals surface area contributed by atoms with Crippen LogP contribution in [0.2, 0.25) is 0 Å². The molecule has 4 saturated heterocycles. The van der Waals surface area contributed by atoms with Crippen molar-refractivity contribution < 1.29 is 139 Å². The van der Waals surface area contributed by atoms with Crippen molar-refractivity contribution >= 4 is 23.1 Å². The highest BCUT2D eigenvalue weighted by Gasteiger charge is 2.43. The molecule has 4 aromatic carbocycles. The highest BCUT2D eigenvalue weighted by atomic mass is 16.5. The molecule has 0 amide bonds. The number of benzene rings is 4. The van der Waals surface area contributed by atoms with Gasteiger partial charge in [0.25, 0.3) is 0 Å². The second-order valence-corrected chi connectivity index (χ2v) is 22.0. The molecule has 516 valence electrons. The Morgan fingerprint density at radius 3 is 1.20 bits per heavy atom. The molecule has 10 atom stereocenters. The number of nitrogens with zero attached hydrogens (tertiary/aromatic N) is 4. The molecule has 4 aromatic rings. The van der Waals surface area contributed by atoms with Crippen LogP contribution in [0.3, 0.4) is 0 Å². The lowest BCUT2D eigenvalue weighted by Crippen LogP contribution is -2.46. The number of piperidine rings is 4. The Morgan fingerprint density at radius 1 is 0.457 bits per heavy atom. The minimum atomic E-state index is -4.12. The second kappa shape index (κ2) is 32.7. The van der Waals surface area contributed by atoms with Gasteiger partial charge in [-0.3, -0.25) is 38.8 Å². The van der Waals surface area contributed by atoms with E-state index >= 15 is 0 Å². The fraction of sp³-hybridized carbons (Fsp3) is 0.641. The van der Waals surface area contributed by atoms with Gasteiger partial charge in [-0.2, -0.15) is 0 Å². The van der Waals surface area contributed by atoms with E-state index in [0.29, 0.717) is 24.8 Å². The van der Waals surface area contributed by atoms with Crippen molar-refractivity contribution in [3.63, 3.8) is 0 Å². The first-order chi connectivity index (χ1) is 67.9. The van der Waals surface area contributed by atoms with E-state index in [1.165, 1.54) is 7.11 Å². The van der Waals surface area contributed by atoms with Gasteiger partial charge in [0.15, 0.2) is 46.0 Å². The maximum absolute atomic E-state index is 13.9. The monoisotopic (exact) mass is 1360 g/mol. The quantitative estimate of drug-likeness (QED) is 0.0926. The second-order valence-electron chi connectivity index (χ2n) is 22.0. The molecule has 0 aliphatic carbocycles. The molecule has 10 unspecified atom stereocenters. The predicted octanol–water partition coefficient (Wildman–Crippen LogP) is 13.7. The number of hydrogen-bond acceptors (Lipinski definition) is 16. The minimum absolute atomic E-state index is 0.00412. The number of carbonyl (C=O) groups is 4. The first-order valence-electron chi connectivity index (χ1n) is 58.9. The SMILES string of the molecule is [2H]C([2H])([2H])Oc1cc2c(cc1OC)C1([2H])CC(=O)C(C([2H])([2H])C([2H])(C([2H])([2H])[2H])C([2H])([2H])C)C([2H])([2H])N1C([2H])([2H])C2([2H])[2H].[2H]C([2H])([2H])Oc1cc2c(cc1OC)C1([2H])CC(=O)C(CC(C)C)C([2H])([2H])N1C([2H])([2H])C2([2H])[2H].[2H]C([2H])([2H])Oc1cc2c(cc1OC)C1([2H])N(C([2H])([2H])C([2H])(CC(C)C)C(=O)C1([2H])[2H])C([2H])([2H])C2([2H])[2H].[2H]C([2H])([2H])Oc1cc2c(cc1OC)C1([2H])N(CC([2H])(C([2H])([2H])C([2H])(C([2H])([2H])[2H])C([2H])([2H])C)C(=O)C1([2H])[2H])C([2H])([2H])C2([2H])[2H]. The van der Waals surface area contributed by atoms with E-state index in [1.807, 2.05) is 0 Å². The molecular formula is C78H112N4O12. The van der Waals surface area contributed by atoms with Crippen molar-refractivity contribution in [2.45, 2.75) is 169 Å². The predicted molar refractivity (Wildman–Crippen MR) is 370 cm³/mol. The zero-order valence-electron chi connectivity index (χ0n) is 113. The van der Waals surface area contributed by atoms with Crippen molar-refractivity contribution in [2.75, 3.05) is 109 Å². The maximum Gasteiger partial charge on any atom is 0.161 e. The Balaban J connectivity index is 0.000000228. The van der Waals surface area contributed by atoms with Crippen LogP contribution in [0.15, 0.2) is 48.5 Å². The number of hydrogen-bond donors (Lipinski definition) is 0. The summed E-state index contributed by atoms with van der Waals surface area (Å²) in [5, 5.41) is 0. The van der Waals surface area contributed by atoms with Crippen molar-refractivity contribution in [1.29, 1.82) is 0 Å². The van der Waals surface area contributed by atoms with Crippen molar-refractivity contribution in [3.8, 4) is 46.0 Å². The average Bonchev–Trinajstić information content (AvgIpc) is 0.647. The van der Waals surface area contributed by atoms with Gasteiger partial charge in [0.05, 0.1) is 78.5 Å². The van der Waals surface area contributed by atoms with Crippen LogP contribution in [0, 0.1) is 47.2 Å². The Hall–Kier alpha value is -6.20. The zero-order valence-corrected chi connectivity index (χ0v) is 52.7. The van der Waals surface area contributed by atoms with Crippen molar-refractivity contribution in [3.05, 3.63) is 93.0 Å². The molecule has 16 nitrogen and oxygen atoms in total. The van der Waals surface area contributed by atoms with Gasteiger partial charge in [-0.15, -0.1) is 0 Å². The lowest BCUT2D eigenvalue weighted by molar-refractivity contribution is -0.130. The lowest BCUT2D eigenvalue weighted by atomic mass is 9.79. The molecule has 0 radical (unpaired) electrons. The molecule has 0 N–H and O–H groups in total. The summed E-state index contributed by atoms with van der Waals surface area (Å²) in [6.45, 7) is -25.1. The molecule has 0 saturated carbocycles. The maximum atomic E-state index is 13.9. The molecule has 0 bridgehead atoms. The highest BCUT2D eigenvalue weighted by Crippen LogP contribution is 2.48. The van der Waals surface area contributed by atoms with Gasteiger partial charge >= 0.3 is 0 Å². The van der Waals surface area contributed by atoms with E-state index in [0.717, 1.165) is 63.8 Å². The van der Waals surface area contributed by atoms with Gasteiger partial charge in [0.2, 0.25) is 0 Å². The van der Waals surface area contributed by atoms with E-state index in [9.17, 15) is 21.9 Å². The number of methoxy groups -OCH3 is 8. The molecular weight excluding hydrogens is 1180 g/mol. The van der Waals surface area contributed by atoms with Crippen molar-refractivity contribution in [2.24, 2.45) is 47.2 Å². The normalized spacial score (nSPS) is 47.8. The summed E-state index contributed by atoms with van der Waals surface area (Å²) >= 11 is 0. The van der Waals surface area contributed by atoms with Gasteiger partial charge in [-0.05, 0) is 168 Å². The van der Waals surface area contributed by atoms with Crippen molar-refractivity contribution in [1.82, 2.24) is 19.6 Å². The summed E-state index contributed by atoms with van der Waals surface area (Å²) in [6, 6.07) is -4.92. The van der Waals surface area contributed by atoms with Gasteiger partial charge in [-0.25, -0.2) is 0 Å². The summed E-state index contributed by atoms with van der Waals surface area (Å²) in [4.78, 5) is 54.6. The molecule has 94 heavy (non-hydrogen) atoms. The van der Waals surface area contributed by atoms with Crippen LogP contribution < -0.4 is 37.9 Å². The smallest absolute Gasteiger partial charge is 0.161 e. The van der Waals surface area contributed by atoms with Crippen LogP contribution in [0.1, 0.15) is 270 Å². The fourth-order valence-corrected chi connectivity index (χ4v) is 10.3. The van der Waals surface area contributed by atoms with Gasteiger partial charge in [0.1, 0.15) is 23.1 Å². The molecule has 8 aliphatic rings. The number of rotatable bonds is 18. The standard InChI is InChI=1S/2C20H29NO3.2C19H27NO3/c2*1-5-13(2)8-15-12-21-7-6-14-9-19(23-3)20(24-4)10-16(14)17(21)11-18(15)22;2*1-12(2)7-14-11-20-6-5-13-8-18(22-3)19(23-4)9-15(13)16(20)10-17(14)21/h2*9-10,13,15,17H,5-8,11-12H2,1-4H3;2*8-9,12,14,16H,5-7,10-11H2,1-4H3/i2D3,3D3,5D2,6D2,7D2,8D2,11D2,13D,15D,17D;2D3,3D3,5D2,6D2,7D2,8D2,12D2,13D,17D;3D3,5D2,6D2,10D2,11D2,14D,16D;3D3,5D2,6D2,11D2,16D. The summed E-state index contributed by atoms with van der Waals surface area (Å²) in [6.07, 6.45) is -36.8. The summed E-state index contributed by atoms with van der Waals surface area (Å²) < 4.78 is 538. The third-order valence-corrected chi connectivity index (χ3v) is 14.9. The van der Waals surface area contributed by atoms with Crippen LogP contribution in [0.4, 0.5) is 0 Å². The number of fused-ring (bicyclic) bond motifs is 12. The summed E-state index contributed by atoms with van der Waals surface area (Å²) in [5.41, 5.74) is -4.80. The van der Waals surface area contributed by atoms with Crippen LogP contribution in [0.25, 0.3) is 0 Å². The van der Waals surface area contributed by atoms with E-state index in [-0.39, 0.29) is 49.9 Å². The van der Waals surface area contributed by atoms with E-state index in [2.05, 4.69) is 0 Å². The molecule has 0 aromatic heterocycles. The number of Topliss-reactive ketones (excluding diaryl/α,β-unsaturated/α-hetero) is 4. The van der Waals surface area contributed by atoms with E-state index in [1.54, 1.807) is 27.7 Å². The third kappa shape index (κ3) is 16.4. The molecule has 12 rings (SSSR count). The van der Waals surface area contributed by atoms with Crippen LogP contribution in [0.5, 0.6) is 46.0 Å². The Labute approximate surface area is 646 Å². The molecule has 16 heteroatoms. The largest absolute Gasteiger partial charge is 0.493 e. The van der Waals surface area contributed by atoms with Crippen LogP contribution in [-0.4, -0.2) is 151 Å². The highest BCUT2D eigenvalue weighted by molar-refractivity contribution is 5.85. The first-order valence-corrected chi connectivity index (χ1v) is 28.9. The van der Waals surface area contributed by atoms with Gasteiger partial charge in [-0.1, -0.05) is 68.0 Å². The number of aryl methyl sites for hydroxylation is 4. The van der Waals surface area contributed by atoms with Crippen LogP contribution >= 0.6 is 0 Å². The molecule has 8 aliphatic heterocycles. The number of carbonyl (C=O) groups excluding carboxylic acids is 4. The fourth-order valence-electron chi connectivity index (χ4n) is 10.3. The Kier molecular flexibility index (Phi) is 9.48. The molecule has 0 spiro atoms. The lowest BCUT2D eigenvalue weighted by Gasteiger charge is -2.43. The Bertz CT molecular complexity index is 6030. The number of ketones is 4. The molecule has 8 heterocycles. The van der Waals surface area contributed by atoms with Gasteiger partial charge < -0.3 is 37.9 Å². The Morgan fingerprint density at radius 2 is 0.809 bits per heavy atom. The van der Waals surface area contributed by atoms with Crippen LogP contribution in [-0.2, 0) is 44.7 Å².